The van der Waals surface area contributed by atoms with Gasteiger partial charge in [-0.2, -0.15) is 5.26 Å². The van der Waals surface area contributed by atoms with Crippen molar-refractivity contribution in [1.29, 1.82) is 5.26 Å². The summed E-state index contributed by atoms with van der Waals surface area (Å²) in [6.45, 7) is 2.21. The summed E-state index contributed by atoms with van der Waals surface area (Å²) in [4.78, 5) is 0. The standard InChI is InChI=1S/C17H17BrN2O/c1-2-17(13-5-3-6-14(18)11-13)20-15-7-4-8-16(12-15)21-10-9-19/h3-8,11-12,17,20H,2,10H2,1H3. The van der Waals surface area contributed by atoms with Crippen LogP contribution in [0.15, 0.2) is 53.0 Å². The number of rotatable bonds is 6. The molecule has 1 unspecified atom stereocenters. The van der Waals surface area contributed by atoms with Gasteiger partial charge in [0.25, 0.3) is 0 Å². The minimum absolute atomic E-state index is 0.0618. The summed E-state index contributed by atoms with van der Waals surface area (Å²) in [5.41, 5.74) is 2.22. The summed E-state index contributed by atoms with van der Waals surface area (Å²) < 4.78 is 6.40. The lowest BCUT2D eigenvalue weighted by Gasteiger charge is -2.19. The minimum Gasteiger partial charge on any atom is -0.479 e. The highest BCUT2D eigenvalue weighted by molar-refractivity contribution is 9.10. The van der Waals surface area contributed by atoms with Gasteiger partial charge in [0.15, 0.2) is 6.61 Å². The molecule has 0 aliphatic carbocycles. The first-order valence-corrected chi connectivity index (χ1v) is 7.64. The minimum atomic E-state index is 0.0618. The topological polar surface area (TPSA) is 45.0 Å². The van der Waals surface area contributed by atoms with Crippen molar-refractivity contribution in [3.63, 3.8) is 0 Å². The van der Waals surface area contributed by atoms with Crippen LogP contribution in [0.25, 0.3) is 0 Å². The van der Waals surface area contributed by atoms with Gasteiger partial charge >= 0.3 is 0 Å². The zero-order valence-corrected chi connectivity index (χ0v) is 13.4. The molecule has 0 aliphatic heterocycles. The Labute approximate surface area is 133 Å². The van der Waals surface area contributed by atoms with Gasteiger partial charge in [-0.25, -0.2) is 0 Å². The zero-order chi connectivity index (χ0) is 15.1. The molecule has 0 aliphatic rings. The molecule has 21 heavy (non-hydrogen) atoms. The maximum Gasteiger partial charge on any atom is 0.174 e. The van der Waals surface area contributed by atoms with Gasteiger partial charge in [-0.3, -0.25) is 0 Å². The maximum absolute atomic E-state index is 8.56. The lowest BCUT2D eigenvalue weighted by molar-refractivity contribution is 0.368. The van der Waals surface area contributed by atoms with Crippen LogP contribution in [-0.4, -0.2) is 6.61 Å². The quantitative estimate of drug-likeness (QED) is 0.809. The van der Waals surface area contributed by atoms with E-state index in [1.165, 1.54) is 5.56 Å². The summed E-state index contributed by atoms with van der Waals surface area (Å²) in [7, 11) is 0. The van der Waals surface area contributed by atoms with Gasteiger partial charge in [-0.15, -0.1) is 0 Å². The Morgan fingerprint density at radius 1 is 1.24 bits per heavy atom. The van der Waals surface area contributed by atoms with E-state index in [2.05, 4.69) is 40.3 Å². The molecule has 0 radical (unpaired) electrons. The van der Waals surface area contributed by atoms with E-state index >= 15 is 0 Å². The van der Waals surface area contributed by atoms with Gasteiger partial charge in [0, 0.05) is 16.2 Å². The summed E-state index contributed by atoms with van der Waals surface area (Å²) in [6.07, 6.45) is 0.972. The second kappa shape index (κ2) is 7.70. The van der Waals surface area contributed by atoms with Crippen molar-refractivity contribution < 1.29 is 4.74 Å². The average Bonchev–Trinajstić information content (AvgIpc) is 2.51. The van der Waals surface area contributed by atoms with Gasteiger partial charge < -0.3 is 10.1 Å². The van der Waals surface area contributed by atoms with Crippen molar-refractivity contribution in [3.8, 4) is 11.8 Å². The average molecular weight is 345 g/mol. The summed E-state index contributed by atoms with van der Waals surface area (Å²) in [5, 5.41) is 12.1. The van der Waals surface area contributed by atoms with E-state index in [9.17, 15) is 0 Å². The van der Waals surface area contributed by atoms with Gasteiger partial charge in [-0.05, 0) is 36.2 Å². The number of hydrogen-bond donors (Lipinski definition) is 1. The second-order valence-corrected chi connectivity index (χ2v) is 5.55. The third-order valence-corrected chi connectivity index (χ3v) is 3.63. The summed E-state index contributed by atoms with van der Waals surface area (Å²) >= 11 is 3.51. The van der Waals surface area contributed by atoms with Crippen molar-refractivity contribution in [2.45, 2.75) is 19.4 Å². The van der Waals surface area contributed by atoms with E-state index in [4.69, 9.17) is 10.00 Å². The fourth-order valence-corrected chi connectivity index (χ4v) is 2.55. The van der Waals surface area contributed by atoms with E-state index < -0.39 is 0 Å². The first-order valence-electron chi connectivity index (χ1n) is 6.84. The highest BCUT2D eigenvalue weighted by Crippen LogP contribution is 2.26. The third kappa shape index (κ3) is 4.51. The van der Waals surface area contributed by atoms with Crippen LogP contribution in [-0.2, 0) is 0 Å². The number of benzene rings is 2. The predicted molar refractivity (Wildman–Crippen MR) is 88.3 cm³/mol. The van der Waals surface area contributed by atoms with E-state index in [1.807, 2.05) is 42.5 Å². The van der Waals surface area contributed by atoms with E-state index in [-0.39, 0.29) is 12.6 Å². The van der Waals surface area contributed by atoms with E-state index in [0.29, 0.717) is 5.75 Å². The molecule has 1 atom stereocenters. The normalized spacial score (nSPS) is 11.5. The fraction of sp³-hybridized carbons (Fsp3) is 0.235. The first kappa shape index (κ1) is 15.4. The van der Waals surface area contributed by atoms with Gasteiger partial charge in [0.2, 0.25) is 0 Å². The second-order valence-electron chi connectivity index (χ2n) is 4.63. The molecule has 0 saturated carbocycles. The van der Waals surface area contributed by atoms with E-state index in [1.54, 1.807) is 0 Å². The smallest absolute Gasteiger partial charge is 0.174 e. The van der Waals surface area contributed by atoms with Crippen LogP contribution < -0.4 is 10.1 Å². The molecule has 108 valence electrons. The molecule has 0 aromatic heterocycles. The van der Waals surface area contributed by atoms with Gasteiger partial charge in [0.05, 0.1) is 6.04 Å². The van der Waals surface area contributed by atoms with Crippen molar-refractivity contribution >= 4 is 21.6 Å². The molecule has 0 saturated heterocycles. The van der Waals surface area contributed by atoms with Crippen molar-refractivity contribution in [3.05, 3.63) is 58.6 Å². The van der Waals surface area contributed by atoms with E-state index in [0.717, 1.165) is 16.6 Å². The first-order chi connectivity index (χ1) is 10.2. The van der Waals surface area contributed by atoms with Gasteiger partial charge in [-0.1, -0.05) is 41.1 Å². The predicted octanol–water partition coefficient (Wildman–Crippen LogP) is 4.91. The highest BCUT2D eigenvalue weighted by atomic mass is 79.9. The molecular weight excluding hydrogens is 328 g/mol. The number of hydrogen-bond acceptors (Lipinski definition) is 3. The molecule has 4 heteroatoms. The molecule has 0 heterocycles. The monoisotopic (exact) mass is 344 g/mol. The molecule has 0 spiro atoms. The van der Waals surface area contributed by atoms with Crippen LogP contribution in [0.3, 0.4) is 0 Å². The van der Waals surface area contributed by atoms with Crippen LogP contribution in [0.5, 0.6) is 5.75 Å². The zero-order valence-electron chi connectivity index (χ0n) is 11.8. The molecule has 3 nitrogen and oxygen atoms in total. The lowest BCUT2D eigenvalue weighted by atomic mass is 10.0. The maximum atomic E-state index is 8.56. The summed E-state index contributed by atoms with van der Waals surface area (Å²) in [5.74, 6) is 0.700. The Kier molecular flexibility index (Phi) is 5.65. The molecule has 2 aromatic carbocycles. The van der Waals surface area contributed by atoms with Crippen LogP contribution in [0.1, 0.15) is 24.9 Å². The Bertz CT molecular complexity index is 637. The number of nitrogens with one attached hydrogen (secondary N) is 1. The Hall–Kier alpha value is -1.99. The molecule has 0 amide bonds. The summed E-state index contributed by atoms with van der Waals surface area (Å²) in [6, 6.07) is 18.2. The SMILES string of the molecule is CCC(Nc1cccc(OCC#N)c1)c1cccc(Br)c1. The number of nitriles is 1. The third-order valence-electron chi connectivity index (χ3n) is 3.14. The molecule has 0 bridgehead atoms. The fourth-order valence-electron chi connectivity index (χ4n) is 2.14. The van der Waals surface area contributed by atoms with Crippen molar-refractivity contribution in [2.24, 2.45) is 0 Å². The highest BCUT2D eigenvalue weighted by Gasteiger charge is 2.09. The number of nitrogens with zero attached hydrogens (tertiary/aromatic N) is 1. The van der Waals surface area contributed by atoms with Crippen LogP contribution in [0.2, 0.25) is 0 Å². The number of ether oxygens (including phenoxy) is 1. The Morgan fingerprint density at radius 3 is 2.76 bits per heavy atom. The van der Waals surface area contributed by atoms with Crippen LogP contribution >= 0.6 is 15.9 Å². The molecule has 1 N–H and O–H groups in total. The number of anilines is 1. The van der Waals surface area contributed by atoms with Gasteiger partial charge in [0.1, 0.15) is 11.8 Å². The Morgan fingerprint density at radius 2 is 2.05 bits per heavy atom. The number of halogens is 1. The molecule has 2 rings (SSSR count). The largest absolute Gasteiger partial charge is 0.479 e. The Balaban J connectivity index is 2.13. The van der Waals surface area contributed by atoms with Crippen molar-refractivity contribution in [1.82, 2.24) is 0 Å². The van der Waals surface area contributed by atoms with Crippen LogP contribution in [0, 0.1) is 11.3 Å². The lowest BCUT2D eigenvalue weighted by Crippen LogP contribution is -2.09. The molecule has 2 aromatic rings. The van der Waals surface area contributed by atoms with Crippen LogP contribution in [0.4, 0.5) is 5.69 Å². The molecule has 0 fully saturated rings. The molecular formula is C17H17BrN2O. The van der Waals surface area contributed by atoms with Crippen molar-refractivity contribution in [2.75, 3.05) is 11.9 Å².